The lowest BCUT2D eigenvalue weighted by Crippen LogP contribution is -2.38. The predicted octanol–water partition coefficient (Wildman–Crippen LogP) is 3.33. The fourth-order valence-electron chi connectivity index (χ4n) is 1.96. The number of aliphatic hydroxyl groups is 1. The summed E-state index contributed by atoms with van der Waals surface area (Å²) >= 11 is 6.87. The van der Waals surface area contributed by atoms with Crippen LogP contribution in [-0.4, -0.2) is 19.4 Å². The van der Waals surface area contributed by atoms with Gasteiger partial charge in [-0.1, -0.05) is 80.4 Å². The average Bonchev–Trinajstić information content (AvgIpc) is 2.38. The second-order valence-electron chi connectivity index (χ2n) is 4.34. The molecule has 19 heavy (non-hydrogen) atoms. The molecule has 1 aliphatic rings. The fourth-order valence-corrected chi connectivity index (χ4v) is 2.54. The summed E-state index contributed by atoms with van der Waals surface area (Å²) in [6, 6.07) is 8.39. The van der Waals surface area contributed by atoms with Gasteiger partial charge < -0.3 is 10.2 Å². The third kappa shape index (κ3) is 2.83. The number of aliphatic carboxylic acids is 1. The zero-order valence-electron chi connectivity index (χ0n) is 9.88. The van der Waals surface area contributed by atoms with Crippen LogP contribution in [0.4, 0.5) is 0 Å². The third-order valence-electron chi connectivity index (χ3n) is 3.02. The summed E-state index contributed by atoms with van der Waals surface area (Å²) in [6.45, 7) is 0. The van der Waals surface area contributed by atoms with Gasteiger partial charge in [-0.25, -0.2) is 4.79 Å². The average molecular weight is 388 g/mol. The van der Waals surface area contributed by atoms with Crippen molar-refractivity contribution in [2.45, 2.75) is 15.3 Å². The lowest BCUT2D eigenvalue weighted by atomic mass is 9.83. The number of hydrogen-bond acceptors (Lipinski definition) is 2. The van der Waals surface area contributed by atoms with E-state index in [0.29, 0.717) is 17.6 Å². The highest BCUT2D eigenvalue weighted by Gasteiger charge is 2.42. The van der Waals surface area contributed by atoms with Gasteiger partial charge in [0, 0.05) is 0 Å². The molecule has 0 spiro atoms. The molecular weight excluding hydrogens is 376 g/mol. The van der Waals surface area contributed by atoms with Crippen molar-refractivity contribution in [1.82, 2.24) is 0 Å². The minimum atomic E-state index is -2.02. The van der Waals surface area contributed by atoms with E-state index in [1.165, 1.54) is 0 Å². The smallest absolute Gasteiger partial charge is 0.345 e. The number of carboxylic acids is 1. The van der Waals surface area contributed by atoms with Crippen molar-refractivity contribution < 1.29 is 15.0 Å². The molecule has 0 radical (unpaired) electrons. The van der Waals surface area contributed by atoms with Crippen LogP contribution < -0.4 is 0 Å². The quantitative estimate of drug-likeness (QED) is 0.782. The summed E-state index contributed by atoms with van der Waals surface area (Å²) in [5.41, 5.74) is -1.32. The van der Waals surface area contributed by atoms with Crippen LogP contribution in [0, 0.1) is 0 Å². The monoisotopic (exact) mass is 386 g/mol. The molecule has 1 aromatic rings. The molecule has 0 aromatic heterocycles. The highest BCUT2D eigenvalue weighted by atomic mass is 79.9. The maximum atomic E-state index is 11.5. The second-order valence-corrected chi connectivity index (χ2v) is 8.23. The first-order valence-corrected chi connectivity index (χ1v) is 7.24. The SMILES string of the molecule is O=C(O)C(O)(C1=CCC(Br)(Br)C=C1)c1ccccc1. The second kappa shape index (κ2) is 5.23. The molecule has 100 valence electrons. The van der Waals surface area contributed by atoms with E-state index >= 15 is 0 Å². The predicted molar refractivity (Wildman–Crippen MR) is 80.4 cm³/mol. The normalized spacial score (nSPS) is 20.5. The van der Waals surface area contributed by atoms with Gasteiger partial charge in [-0.05, 0) is 17.6 Å². The Kier molecular flexibility index (Phi) is 3.99. The van der Waals surface area contributed by atoms with E-state index in [9.17, 15) is 15.0 Å². The fraction of sp³-hybridized carbons (Fsp3) is 0.214. The van der Waals surface area contributed by atoms with Crippen LogP contribution in [0.25, 0.3) is 0 Å². The molecule has 1 atom stereocenters. The zero-order chi connectivity index (χ0) is 14.1. The number of carboxylic acid groups (broad SMARTS) is 1. The largest absolute Gasteiger partial charge is 0.479 e. The maximum Gasteiger partial charge on any atom is 0.345 e. The van der Waals surface area contributed by atoms with Crippen molar-refractivity contribution >= 4 is 37.8 Å². The van der Waals surface area contributed by atoms with E-state index in [1.54, 1.807) is 48.6 Å². The minimum absolute atomic E-state index is 0.343. The lowest BCUT2D eigenvalue weighted by molar-refractivity contribution is -0.155. The van der Waals surface area contributed by atoms with Gasteiger partial charge in [0.05, 0.1) is 0 Å². The van der Waals surface area contributed by atoms with Crippen LogP contribution in [0.5, 0.6) is 0 Å². The zero-order valence-corrected chi connectivity index (χ0v) is 13.1. The van der Waals surface area contributed by atoms with E-state index in [0.717, 1.165) is 0 Å². The van der Waals surface area contributed by atoms with Crippen LogP contribution in [0.2, 0.25) is 0 Å². The van der Waals surface area contributed by atoms with Crippen molar-refractivity contribution in [3.8, 4) is 0 Å². The number of halogens is 2. The number of rotatable bonds is 3. The first kappa shape index (κ1) is 14.5. The summed E-state index contributed by atoms with van der Waals surface area (Å²) in [4.78, 5) is 11.5. The molecule has 0 heterocycles. The summed E-state index contributed by atoms with van der Waals surface area (Å²) in [5, 5.41) is 20.0. The van der Waals surface area contributed by atoms with Crippen molar-refractivity contribution in [3.63, 3.8) is 0 Å². The Balaban J connectivity index is 2.46. The molecule has 0 saturated carbocycles. The molecule has 2 N–H and O–H groups in total. The first-order valence-electron chi connectivity index (χ1n) is 5.65. The molecule has 1 aliphatic carbocycles. The van der Waals surface area contributed by atoms with E-state index in [2.05, 4.69) is 31.9 Å². The minimum Gasteiger partial charge on any atom is -0.479 e. The Morgan fingerprint density at radius 2 is 1.89 bits per heavy atom. The topological polar surface area (TPSA) is 57.5 Å². The van der Waals surface area contributed by atoms with Gasteiger partial charge in [0.15, 0.2) is 0 Å². The van der Waals surface area contributed by atoms with Gasteiger partial charge in [0.25, 0.3) is 0 Å². The maximum absolute atomic E-state index is 11.5. The summed E-state index contributed by atoms with van der Waals surface area (Å²) in [5.74, 6) is -1.29. The van der Waals surface area contributed by atoms with Crippen molar-refractivity contribution in [1.29, 1.82) is 0 Å². The van der Waals surface area contributed by atoms with Gasteiger partial charge in [-0.15, -0.1) is 0 Å². The van der Waals surface area contributed by atoms with Crippen LogP contribution in [-0.2, 0) is 10.4 Å². The highest BCUT2D eigenvalue weighted by molar-refractivity contribution is 9.25. The Morgan fingerprint density at radius 3 is 2.37 bits per heavy atom. The van der Waals surface area contributed by atoms with Crippen LogP contribution >= 0.6 is 31.9 Å². The number of hydrogen-bond donors (Lipinski definition) is 2. The van der Waals surface area contributed by atoms with Crippen LogP contribution in [0.1, 0.15) is 12.0 Å². The lowest BCUT2D eigenvalue weighted by Gasteiger charge is -2.29. The molecule has 0 amide bonds. The number of carbonyl (C=O) groups is 1. The first-order chi connectivity index (χ1) is 8.86. The van der Waals surface area contributed by atoms with Gasteiger partial charge in [-0.2, -0.15) is 0 Å². The molecule has 2 rings (SSSR count). The van der Waals surface area contributed by atoms with E-state index in [-0.39, 0.29) is 3.23 Å². The number of benzene rings is 1. The summed E-state index contributed by atoms with van der Waals surface area (Å²) in [7, 11) is 0. The van der Waals surface area contributed by atoms with Crippen molar-refractivity contribution in [2.75, 3.05) is 0 Å². The molecule has 3 nitrogen and oxygen atoms in total. The number of alkyl halides is 2. The summed E-state index contributed by atoms with van der Waals surface area (Å²) in [6.07, 6.45) is 5.65. The van der Waals surface area contributed by atoms with Gasteiger partial charge in [0.1, 0.15) is 3.23 Å². The molecule has 1 aromatic carbocycles. The third-order valence-corrected chi connectivity index (χ3v) is 4.20. The van der Waals surface area contributed by atoms with Gasteiger partial charge in [-0.3, -0.25) is 0 Å². The Hall–Kier alpha value is -0.910. The molecule has 0 saturated heterocycles. The van der Waals surface area contributed by atoms with Crippen LogP contribution in [0.3, 0.4) is 0 Å². The van der Waals surface area contributed by atoms with E-state index in [4.69, 9.17) is 0 Å². The molecule has 5 heteroatoms. The van der Waals surface area contributed by atoms with E-state index in [1.807, 2.05) is 0 Å². The highest BCUT2D eigenvalue weighted by Crippen LogP contribution is 2.40. The molecule has 0 bridgehead atoms. The summed E-state index contributed by atoms with van der Waals surface area (Å²) < 4.78 is -0.375. The van der Waals surface area contributed by atoms with Gasteiger partial charge in [0.2, 0.25) is 5.60 Å². The van der Waals surface area contributed by atoms with Crippen molar-refractivity contribution in [2.24, 2.45) is 0 Å². The molecular formula is C14H12Br2O3. The van der Waals surface area contributed by atoms with Gasteiger partial charge >= 0.3 is 5.97 Å². The molecule has 0 aliphatic heterocycles. The number of allylic oxidation sites excluding steroid dienone is 2. The Morgan fingerprint density at radius 1 is 1.26 bits per heavy atom. The standard InChI is InChI=1S/C14H12Br2O3/c15-13(16)8-6-11(7-9-13)14(19,12(17)18)10-4-2-1-3-5-10/h1-8,19H,9H2,(H,17,18). The molecule has 0 fully saturated rings. The van der Waals surface area contributed by atoms with Crippen molar-refractivity contribution in [3.05, 3.63) is 59.7 Å². The Labute approximate surface area is 127 Å². The molecule has 1 unspecified atom stereocenters. The van der Waals surface area contributed by atoms with E-state index < -0.39 is 11.6 Å². The Bertz CT molecular complexity index is 549. The van der Waals surface area contributed by atoms with Crippen LogP contribution in [0.15, 0.2) is 54.1 Å².